The van der Waals surface area contributed by atoms with Gasteiger partial charge < -0.3 is 14.8 Å². The first-order chi connectivity index (χ1) is 13.0. The number of halogens is 1. The molecule has 0 aliphatic rings. The maximum atomic E-state index is 12.8. The van der Waals surface area contributed by atoms with Crippen LogP contribution < -0.4 is 14.8 Å². The predicted octanol–water partition coefficient (Wildman–Crippen LogP) is 6.45. The smallest absolute Gasteiger partial charge is 0.259 e. The van der Waals surface area contributed by atoms with Gasteiger partial charge in [0, 0.05) is 16.2 Å². The molecule has 5 heteroatoms. The van der Waals surface area contributed by atoms with Crippen LogP contribution >= 0.6 is 15.9 Å². The lowest BCUT2D eigenvalue weighted by Crippen LogP contribution is -2.16. The van der Waals surface area contributed by atoms with E-state index in [-0.39, 0.29) is 12.0 Å². The lowest BCUT2D eigenvalue weighted by molar-refractivity contribution is 0.102. The second kappa shape index (κ2) is 11.0. The number of carbonyl (C=O) groups excluding carboxylic acids is 1. The summed E-state index contributed by atoms with van der Waals surface area (Å²) >= 11 is 3.42. The minimum atomic E-state index is -0.216. The van der Waals surface area contributed by atoms with Crippen molar-refractivity contribution in [1.29, 1.82) is 0 Å². The highest BCUT2D eigenvalue weighted by Crippen LogP contribution is 2.26. The SMILES string of the molecule is CCCCCCOc1cccc(NC(=O)c2cc(Br)ccc2OC(C)C)c1. The molecule has 2 rings (SSSR count). The Bertz CT molecular complexity index is 746. The van der Waals surface area contributed by atoms with Crippen LogP contribution in [0.15, 0.2) is 46.9 Å². The molecule has 0 bridgehead atoms. The van der Waals surface area contributed by atoms with E-state index in [1.807, 2.05) is 44.2 Å². The van der Waals surface area contributed by atoms with Crippen LogP contribution in [0.25, 0.3) is 0 Å². The Morgan fingerprint density at radius 1 is 1.11 bits per heavy atom. The molecular weight excluding hydrogens is 406 g/mol. The van der Waals surface area contributed by atoms with E-state index in [2.05, 4.69) is 28.2 Å². The van der Waals surface area contributed by atoms with Crippen LogP contribution in [0.4, 0.5) is 5.69 Å². The molecule has 0 aromatic heterocycles. The molecule has 0 unspecified atom stereocenters. The van der Waals surface area contributed by atoms with Crippen LogP contribution in [0.3, 0.4) is 0 Å². The molecule has 0 saturated heterocycles. The van der Waals surface area contributed by atoms with Crippen LogP contribution in [-0.2, 0) is 0 Å². The maximum absolute atomic E-state index is 12.8. The molecule has 1 N–H and O–H groups in total. The van der Waals surface area contributed by atoms with Crippen molar-refractivity contribution in [3.8, 4) is 11.5 Å². The molecule has 1 amide bonds. The van der Waals surface area contributed by atoms with Crippen LogP contribution in [0.2, 0.25) is 0 Å². The molecule has 0 spiro atoms. The fourth-order valence-electron chi connectivity index (χ4n) is 2.62. The van der Waals surface area contributed by atoms with Gasteiger partial charge in [-0.3, -0.25) is 4.79 Å². The molecule has 0 aliphatic heterocycles. The van der Waals surface area contributed by atoms with E-state index in [0.29, 0.717) is 23.6 Å². The van der Waals surface area contributed by atoms with Gasteiger partial charge in [0.1, 0.15) is 11.5 Å². The van der Waals surface area contributed by atoms with Gasteiger partial charge in [-0.15, -0.1) is 0 Å². The highest BCUT2D eigenvalue weighted by molar-refractivity contribution is 9.10. The summed E-state index contributed by atoms with van der Waals surface area (Å²) < 4.78 is 12.4. The van der Waals surface area contributed by atoms with Gasteiger partial charge in [0.05, 0.1) is 18.3 Å². The minimum Gasteiger partial charge on any atom is -0.494 e. The van der Waals surface area contributed by atoms with Gasteiger partial charge in [-0.1, -0.05) is 48.2 Å². The zero-order chi connectivity index (χ0) is 19.6. The van der Waals surface area contributed by atoms with Crippen molar-refractivity contribution in [2.75, 3.05) is 11.9 Å². The summed E-state index contributed by atoms with van der Waals surface area (Å²) in [5, 5.41) is 2.93. The third-order valence-electron chi connectivity index (χ3n) is 3.91. The van der Waals surface area contributed by atoms with Crippen LogP contribution in [0.1, 0.15) is 56.8 Å². The van der Waals surface area contributed by atoms with Crippen molar-refractivity contribution < 1.29 is 14.3 Å². The van der Waals surface area contributed by atoms with Crippen LogP contribution in [-0.4, -0.2) is 18.6 Å². The number of carbonyl (C=O) groups is 1. The average molecular weight is 434 g/mol. The summed E-state index contributed by atoms with van der Waals surface area (Å²) in [4.78, 5) is 12.8. The standard InChI is InChI=1S/C22H28BrNO3/c1-4-5-6-7-13-26-19-10-8-9-18(15-19)24-22(25)20-14-17(23)11-12-21(20)27-16(2)3/h8-12,14-16H,4-7,13H2,1-3H3,(H,24,25). The van der Waals surface area contributed by atoms with Crippen LogP contribution in [0, 0.1) is 0 Å². The Hall–Kier alpha value is -2.01. The molecule has 27 heavy (non-hydrogen) atoms. The number of ether oxygens (including phenoxy) is 2. The van der Waals surface area contributed by atoms with Gasteiger partial charge in [0.25, 0.3) is 5.91 Å². The van der Waals surface area contributed by atoms with Crippen LogP contribution in [0.5, 0.6) is 11.5 Å². The third kappa shape index (κ3) is 7.25. The third-order valence-corrected chi connectivity index (χ3v) is 4.40. The first-order valence-electron chi connectivity index (χ1n) is 9.50. The predicted molar refractivity (Wildman–Crippen MR) is 114 cm³/mol. The number of anilines is 1. The Morgan fingerprint density at radius 3 is 2.67 bits per heavy atom. The van der Waals surface area contributed by atoms with Gasteiger partial charge in [0.2, 0.25) is 0 Å². The Labute approximate surface area is 170 Å². The number of amides is 1. The number of benzene rings is 2. The van der Waals surface area contributed by atoms with Crippen molar-refractivity contribution in [2.45, 2.75) is 52.6 Å². The zero-order valence-electron chi connectivity index (χ0n) is 16.3. The molecule has 0 radical (unpaired) electrons. The molecule has 0 aliphatic carbocycles. The summed E-state index contributed by atoms with van der Waals surface area (Å²) in [6, 6.07) is 12.9. The first-order valence-corrected chi connectivity index (χ1v) is 10.3. The van der Waals surface area contributed by atoms with Crippen molar-refractivity contribution in [3.63, 3.8) is 0 Å². The molecule has 0 atom stereocenters. The molecule has 0 saturated carbocycles. The monoisotopic (exact) mass is 433 g/mol. The zero-order valence-corrected chi connectivity index (χ0v) is 17.8. The maximum Gasteiger partial charge on any atom is 0.259 e. The summed E-state index contributed by atoms with van der Waals surface area (Å²) in [5.41, 5.74) is 1.19. The number of rotatable bonds is 10. The van der Waals surface area contributed by atoms with E-state index >= 15 is 0 Å². The van der Waals surface area contributed by atoms with Gasteiger partial charge in [-0.2, -0.15) is 0 Å². The minimum absolute atomic E-state index is 0.0119. The lowest BCUT2D eigenvalue weighted by Gasteiger charge is -2.15. The second-order valence-corrected chi connectivity index (χ2v) is 7.61. The molecule has 2 aromatic carbocycles. The highest BCUT2D eigenvalue weighted by atomic mass is 79.9. The Balaban J connectivity index is 2.03. The fourth-order valence-corrected chi connectivity index (χ4v) is 2.98. The van der Waals surface area contributed by atoms with E-state index in [9.17, 15) is 4.79 Å². The normalized spacial score (nSPS) is 10.7. The van der Waals surface area contributed by atoms with Crippen molar-refractivity contribution in [2.24, 2.45) is 0 Å². The molecule has 0 fully saturated rings. The first kappa shape index (κ1) is 21.3. The quantitative estimate of drug-likeness (QED) is 0.438. The molecule has 4 nitrogen and oxygen atoms in total. The Morgan fingerprint density at radius 2 is 1.93 bits per heavy atom. The van der Waals surface area contributed by atoms with Gasteiger partial charge in [-0.25, -0.2) is 0 Å². The summed E-state index contributed by atoms with van der Waals surface area (Å²) in [6.07, 6.45) is 4.64. The number of hydrogen-bond donors (Lipinski definition) is 1. The van der Waals surface area contributed by atoms with E-state index in [0.717, 1.165) is 16.6 Å². The van der Waals surface area contributed by atoms with E-state index in [4.69, 9.17) is 9.47 Å². The second-order valence-electron chi connectivity index (χ2n) is 6.70. The molecule has 0 heterocycles. The summed E-state index contributed by atoms with van der Waals surface area (Å²) in [5.74, 6) is 1.11. The fraction of sp³-hybridized carbons (Fsp3) is 0.409. The summed E-state index contributed by atoms with van der Waals surface area (Å²) in [6.45, 7) is 6.75. The number of nitrogens with one attached hydrogen (secondary N) is 1. The van der Waals surface area contributed by atoms with Gasteiger partial charge in [-0.05, 0) is 50.6 Å². The van der Waals surface area contributed by atoms with Gasteiger partial charge >= 0.3 is 0 Å². The van der Waals surface area contributed by atoms with Crippen molar-refractivity contribution in [1.82, 2.24) is 0 Å². The average Bonchev–Trinajstić information content (AvgIpc) is 2.63. The van der Waals surface area contributed by atoms with E-state index < -0.39 is 0 Å². The molecular formula is C22H28BrNO3. The Kier molecular flexibility index (Phi) is 8.65. The molecule has 146 valence electrons. The van der Waals surface area contributed by atoms with Gasteiger partial charge in [0.15, 0.2) is 0 Å². The number of hydrogen-bond acceptors (Lipinski definition) is 3. The topological polar surface area (TPSA) is 47.6 Å². The van der Waals surface area contributed by atoms with E-state index in [1.54, 1.807) is 12.1 Å². The lowest BCUT2D eigenvalue weighted by atomic mass is 10.1. The van der Waals surface area contributed by atoms with Crippen molar-refractivity contribution >= 4 is 27.5 Å². The van der Waals surface area contributed by atoms with Crippen molar-refractivity contribution in [3.05, 3.63) is 52.5 Å². The molecule has 2 aromatic rings. The largest absolute Gasteiger partial charge is 0.494 e. The highest BCUT2D eigenvalue weighted by Gasteiger charge is 2.15. The van der Waals surface area contributed by atoms with E-state index in [1.165, 1.54) is 19.3 Å². The summed E-state index contributed by atoms with van der Waals surface area (Å²) in [7, 11) is 0. The number of unbranched alkanes of at least 4 members (excludes halogenated alkanes) is 3.